The predicted octanol–water partition coefficient (Wildman–Crippen LogP) is -1.08. The van der Waals surface area contributed by atoms with Gasteiger partial charge in [-0.3, -0.25) is 34.2 Å². The van der Waals surface area contributed by atoms with Gasteiger partial charge in [-0.1, -0.05) is 0 Å². The zero-order valence-corrected chi connectivity index (χ0v) is 17.2. The molecular formula is C19H28N6O6. The van der Waals surface area contributed by atoms with Crippen molar-refractivity contribution in [2.75, 3.05) is 58.9 Å². The van der Waals surface area contributed by atoms with Gasteiger partial charge in [-0.05, 0) is 0 Å². The SMILES string of the molecule is O=C(O)CN1/C=C\N(CC(=O)O)CCN(Cc2cnccn2)CCN(CC(=O)O)CC1. The monoisotopic (exact) mass is 436 g/mol. The Morgan fingerprint density at radius 3 is 1.77 bits per heavy atom. The summed E-state index contributed by atoms with van der Waals surface area (Å²) in [5, 5.41) is 27.6. The summed E-state index contributed by atoms with van der Waals surface area (Å²) in [4.78, 5) is 49.0. The van der Waals surface area contributed by atoms with Crippen molar-refractivity contribution in [3.8, 4) is 0 Å². The molecule has 2 rings (SSSR count). The van der Waals surface area contributed by atoms with Crippen molar-refractivity contribution in [3.05, 3.63) is 36.7 Å². The summed E-state index contributed by atoms with van der Waals surface area (Å²) in [5.41, 5.74) is 0.757. The fraction of sp³-hybridized carbons (Fsp3) is 0.526. The van der Waals surface area contributed by atoms with Crippen LogP contribution in [0.2, 0.25) is 0 Å². The Hall–Kier alpha value is -3.25. The van der Waals surface area contributed by atoms with E-state index >= 15 is 0 Å². The van der Waals surface area contributed by atoms with Crippen LogP contribution in [0.3, 0.4) is 0 Å². The molecule has 1 aromatic heterocycles. The van der Waals surface area contributed by atoms with Gasteiger partial charge in [0.25, 0.3) is 0 Å². The molecule has 12 nitrogen and oxygen atoms in total. The molecule has 0 atom stereocenters. The molecule has 12 heteroatoms. The fourth-order valence-electron chi connectivity index (χ4n) is 3.14. The van der Waals surface area contributed by atoms with Gasteiger partial charge in [-0.25, -0.2) is 0 Å². The zero-order valence-electron chi connectivity index (χ0n) is 17.2. The summed E-state index contributed by atoms with van der Waals surface area (Å²) < 4.78 is 0. The molecular weight excluding hydrogens is 408 g/mol. The van der Waals surface area contributed by atoms with E-state index in [1.807, 2.05) is 0 Å². The maximum Gasteiger partial charge on any atom is 0.323 e. The minimum absolute atomic E-state index is 0.158. The normalized spacial score (nSPS) is 18.1. The van der Waals surface area contributed by atoms with Crippen LogP contribution in [0.1, 0.15) is 5.69 Å². The molecule has 0 bridgehead atoms. The summed E-state index contributed by atoms with van der Waals surface area (Å²) >= 11 is 0. The molecule has 2 heterocycles. The van der Waals surface area contributed by atoms with Crippen LogP contribution >= 0.6 is 0 Å². The van der Waals surface area contributed by atoms with E-state index in [-0.39, 0.29) is 19.6 Å². The van der Waals surface area contributed by atoms with Crippen LogP contribution in [-0.2, 0) is 20.9 Å². The van der Waals surface area contributed by atoms with Crippen molar-refractivity contribution >= 4 is 17.9 Å². The molecule has 0 fully saturated rings. The van der Waals surface area contributed by atoms with Crippen LogP contribution in [-0.4, -0.2) is 122 Å². The second-order valence-electron chi connectivity index (χ2n) is 7.17. The lowest BCUT2D eigenvalue weighted by Gasteiger charge is -2.31. The molecule has 1 aliphatic heterocycles. The summed E-state index contributed by atoms with van der Waals surface area (Å²) in [5.74, 6) is -2.98. The average molecular weight is 436 g/mol. The van der Waals surface area contributed by atoms with E-state index in [0.29, 0.717) is 45.8 Å². The minimum atomic E-state index is -1.03. The van der Waals surface area contributed by atoms with Crippen molar-refractivity contribution in [1.82, 2.24) is 29.6 Å². The van der Waals surface area contributed by atoms with Gasteiger partial charge in [0, 0.05) is 76.8 Å². The third-order valence-corrected chi connectivity index (χ3v) is 4.67. The lowest BCUT2D eigenvalue weighted by Crippen LogP contribution is -2.44. The molecule has 0 saturated carbocycles. The Balaban J connectivity index is 2.20. The largest absolute Gasteiger partial charge is 0.480 e. The first-order valence-electron chi connectivity index (χ1n) is 9.83. The van der Waals surface area contributed by atoms with E-state index in [1.54, 1.807) is 40.8 Å². The number of hydrogen-bond acceptors (Lipinski definition) is 9. The topological polar surface area (TPSA) is 151 Å². The Bertz CT molecular complexity index is 762. The molecule has 0 aliphatic carbocycles. The molecule has 0 radical (unpaired) electrons. The molecule has 1 aliphatic rings. The standard InChI is InChI=1S/C19H28N6O6/c26-17(27)13-23-5-3-22(12-16-11-20-1-2-21-16)4-6-24(14-18(28)29)8-10-25(9-7-23)15-19(30)31/h1-2,7,9,11H,3-6,8,10,12-15H2,(H,26,27)(H,28,29)(H,30,31)/b9-7-. The Labute approximate surface area is 180 Å². The van der Waals surface area contributed by atoms with Crippen molar-refractivity contribution in [3.63, 3.8) is 0 Å². The van der Waals surface area contributed by atoms with Crippen LogP contribution in [0.5, 0.6) is 0 Å². The first-order valence-corrected chi connectivity index (χ1v) is 9.83. The smallest absolute Gasteiger partial charge is 0.323 e. The Kier molecular flexibility index (Phi) is 9.65. The van der Waals surface area contributed by atoms with E-state index in [2.05, 4.69) is 14.9 Å². The highest BCUT2D eigenvalue weighted by atomic mass is 16.4. The number of carboxylic acids is 3. The van der Waals surface area contributed by atoms with Crippen LogP contribution in [0.15, 0.2) is 31.0 Å². The van der Waals surface area contributed by atoms with Gasteiger partial charge in [-0.2, -0.15) is 0 Å². The van der Waals surface area contributed by atoms with Crippen molar-refractivity contribution in [1.29, 1.82) is 0 Å². The lowest BCUT2D eigenvalue weighted by atomic mass is 10.3. The van der Waals surface area contributed by atoms with Crippen molar-refractivity contribution in [2.24, 2.45) is 0 Å². The lowest BCUT2D eigenvalue weighted by molar-refractivity contribution is -0.139. The summed E-state index contributed by atoms with van der Waals surface area (Å²) in [6.07, 6.45) is 7.95. The zero-order chi connectivity index (χ0) is 22.6. The number of nitrogens with zero attached hydrogens (tertiary/aromatic N) is 6. The number of carboxylic acid groups (broad SMARTS) is 3. The molecule has 0 saturated heterocycles. The molecule has 1 aromatic rings. The Morgan fingerprint density at radius 2 is 1.26 bits per heavy atom. The average Bonchev–Trinajstić information content (AvgIpc) is 2.69. The van der Waals surface area contributed by atoms with Crippen LogP contribution in [0.25, 0.3) is 0 Å². The molecule has 31 heavy (non-hydrogen) atoms. The van der Waals surface area contributed by atoms with Gasteiger partial charge in [0.2, 0.25) is 0 Å². The van der Waals surface area contributed by atoms with Crippen molar-refractivity contribution < 1.29 is 29.7 Å². The first kappa shape index (κ1) is 24.0. The third kappa shape index (κ3) is 9.87. The highest BCUT2D eigenvalue weighted by Crippen LogP contribution is 2.05. The van der Waals surface area contributed by atoms with E-state index in [4.69, 9.17) is 5.11 Å². The quantitative estimate of drug-likeness (QED) is 0.455. The van der Waals surface area contributed by atoms with Crippen molar-refractivity contribution in [2.45, 2.75) is 6.54 Å². The second-order valence-corrected chi connectivity index (χ2v) is 7.17. The van der Waals surface area contributed by atoms with Gasteiger partial charge in [-0.15, -0.1) is 0 Å². The van der Waals surface area contributed by atoms with Crippen LogP contribution in [0, 0.1) is 0 Å². The molecule has 170 valence electrons. The van der Waals surface area contributed by atoms with Gasteiger partial charge in [0.05, 0.1) is 12.2 Å². The van der Waals surface area contributed by atoms with Crippen LogP contribution < -0.4 is 0 Å². The van der Waals surface area contributed by atoms with Gasteiger partial charge >= 0.3 is 17.9 Å². The number of aliphatic carboxylic acids is 3. The first-order chi connectivity index (χ1) is 14.8. The summed E-state index contributed by atoms with van der Waals surface area (Å²) in [6, 6.07) is 0. The maximum atomic E-state index is 11.3. The van der Waals surface area contributed by atoms with E-state index < -0.39 is 17.9 Å². The van der Waals surface area contributed by atoms with Gasteiger partial charge in [0.15, 0.2) is 0 Å². The molecule has 0 amide bonds. The summed E-state index contributed by atoms with van der Waals surface area (Å²) in [7, 11) is 0. The maximum absolute atomic E-state index is 11.3. The minimum Gasteiger partial charge on any atom is -0.480 e. The molecule has 3 N–H and O–H groups in total. The van der Waals surface area contributed by atoms with Crippen LogP contribution in [0.4, 0.5) is 0 Å². The summed E-state index contributed by atoms with van der Waals surface area (Å²) in [6.45, 7) is 2.38. The predicted molar refractivity (Wildman–Crippen MR) is 109 cm³/mol. The number of carbonyl (C=O) groups is 3. The fourth-order valence-corrected chi connectivity index (χ4v) is 3.14. The molecule has 0 spiro atoms. The van der Waals surface area contributed by atoms with Gasteiger partial charge < -0.3 is 25.1 Å². The van der Waals surface area contributed by atoms with Gasteiger partial charge in [0.1, 0.15) is 13.1 Å². The number of aromatic nitrogens is 2. The Morgan fingerprint density at radius 1 is 0.742 bits per heavy atom. The van der Waals surface area contributed by atoms with E-state index in [0.717, 1.165) is 5.69 Å². The highest BCUT2D eigenvalue weighted by molar-refractivity contribution is 5.70. The number of hydrogen-bond donors (Lipinski definition) is 3. The molecule has 0 unspecified atom stereocenters. The van der Waals surface area contributed by atoms with E-state index in [9.17, 15) is 24.6 Å². The van der Waals surface area contributed by atoms with E-state index in [1.165, 1.54) is 4.90 Å². The number of rotatable bonds is 8. The molecule has 0 aromatic carbocycles. The third-order valence-electron chi connectivity index (χ3n) is 4.67. The highest BCUT2D eigenvalue weighted by Gasteiger charge is 2.17. The second kappa shape index (κ2) is 12.4.